The first kappa shape index (κ1) is 17.7. The summed E-state index contributed by atoms with van der Waals surface area (Å²) in [5.41, 5.74) is 0.0639. The molecule has 0 amide bonds. The zero-order valence-electron chi connectivity index (χ0n) is 13.7. The summed E-state index contributed by atoms with van der Waals surface area (Å²) in [6.45, 7) is -0.0696. The Balaban J connectivity index is 2.06. The topological polar surface area (TPSA) is 57.1 Å². The van der Waals surface area contributed by atoms with E-state index in [0.29, 0.717) is 11.1 Å². The van der Waals surface area contributed by atoms with Crippen molar-refractivity contribution in [2.75, 3.05) is 7.11 Å². The fourth-order valence-corrected chi connectivity index (χ4v) is 2.27. The highest BCUT2D eigenvalue weighted by atomic mass is 19.4. The first-order valence-corrected chi connectivity index (χ1v) is 7.59. The third-order valence-electron chi connectivity index (χ3n) is 3.48. The van der Waals surface area contributed by atoms with E-state index in [2.05, 4.69) is 15.0 Å². The number of hydrogen-bond donors (Lipinski definition) is 0. The first-order valence-electron chi connectivity index (χ1n) is 7.59. The van der Waals surface area contributed by atoms with Crippen LogP contribution in [0, 0.1) is 0 Å². The molecule has 0 aliphatic heterocycles. The molecule has 8 heteroatoms. The van der Waals surface area contributed by atoms with Gasteiger partial charge in [-0.3, -0.25) is 4.98 Å². The number of benzene rings is 1. The van der Waals surface area contributed by atoms with Gasteiger partial charge in [-0.1, -0.05) is 30.3 Å². The van der Waals surface area contributed by atoms with Gasteiger partial charge in [-0.05, 0) is 17.7 Å². The molecule has 1 aromatic carbocycles. The van der Waals surface area contributed by atoms with Crippen molar-refractivity contribution in [3.8, 4) is 23.1 Å². The zero-order valence-corrected chi connectivity index (χ0v) is 13.7. The van der Waals surface area contributed by atoms with Crippen molar-refractivity contribution < 1.29 is 22.6 Å². The molecule has 0 bridgehead atoms. The predicted octanol–water partition coefficient (Wildman–Crippen LogP) is 4.15. The molecule has 0 saturated heterocycles. The summed E-state index contributed by atoms with van der Waals surface area (Å²) in [4.78, 5) is 11.7. The number of pyridine rings is 1. The lowest BCUT2D eigenvalue weighted by Crippen LogP contribution is -2.14. The van der Waals surface area contributed by atoms with E-state index in [1.165, 1.54) is 12.4 Å². The van der Waals surface area contributed by atoms with Crippen LogP contribution in [0.15, 0.2) is 54.9 Å². The number of alkyl halides is 3. The van der Waals surface area contributed by atoms with E-state index in [1.54, 1.807) is 42.5 Å². The highest BCUT2D eigenvalue weighted by Crippen LogP contribution is 2.41. The highest BCUT2D eigenvalue weighted by molar-refractivity contribution is 5.57. The SMILES string of the molecule is COc1nc(-c2ccncc2)nc(OCc2ccccc2)c1C(F)(F)F. The smallest absolute Gasteiger partial charge is 0.426 e. The molecule has 0 spiro atoms. The van der Waals surface area contributed by atoms with Crippen LogP contribution in [0.2, 0.25) is 0 Å². The predicted molar refractivity (Wildman–Crippen MR) is 87.6 cm³/mol. The van der Waals surface area contributed by atoms with Crippen LogP contribution in [0.5, 0.6) is 11.8 Å². The van der Waals surface area contributed by atoms with Crippen molar-refractivity contribution >= 4 is 0 Å². The van der Waals surface area contributed by atoms with Gasteiger partial charge in [0, 0.05) is 18.0 Å². The van der Waals surface area contributed by atoms with Gasteiger partial charge in [-0.2, -0.15) is 23.1 Å². The fourth-order valence-electron chi connectivity index (χ4n) is 2.27. The van der Waals surface area contributed by atoms with Crippen molar-refractivity contribution in [3.05, 3.63) is 66.0 Å². The van der Waals surface area contributed by atoms with Crippen LogP contribution in [0.3, 0.4) is 0 Å². The molecule has 0 radical (unpaired) electrons. The second-order valence-corrected chi connectivity index (χ2v) is 5.24. The van der Waals surface area contributed by atoms with Gasteiger partial charge in [0.25, 0.3) is 0 Å². The highest BCUT2D eigenvalue weighted by Gasteiger charge is 2.41. The molecule has 26 heavy (non-hydrogen) atoms. The van der Waals surface area contributed by atoms with E-state index in [-0.39, 0.29) is 12.4 Å². The van der Waals surface area contributed by atoms with Crippen molar-refractivity contribution in [1.82, 2.24) is 15.0 Å². The Labute approximate surface area is 147 Å². The molecular formula is C18H14F3N3O2. The maximum Gasteiger partial charge on any atom is 0.426 e. The van der Waals surface area contributed by atoms with Gasteiger partial charge in [-0.15, -0.1) is 0 Å². The average Bonchev–Trinajstić information content (AvgIpc) is 2.66. The molecule has 3 rings (SSSR count). The van der Waals surface area contributed by atoms with E-state index in [1.807, 2.05) is 0 Å². The van der Waals surface area contributed by atoms with E-state index in [9.17, 15) is 13.2 Å². The lowest BCUT2D eigenvalue weighted by atomic mass is 10.2. The van der Waals surface area contributed by atoms with Crippen LogP contribution in [0.25, 0.3) is 11.4 Å². The van der Waals surface area contributed by atoms with Crippen molar-refractivity contribution in [2.24, 2.45) is 0 Å². The first-order chi connectivity index (χ1) is 12.5. The second-order valence-electron chi connectivity index (χ2n) is 5.24. The normalized spacial score (nSPS) is 11.2. The monoisotopic (exact) mass is 361 g/mol. The maximum absolute atomic E-state index is 13.5. The molecule has 0 unspecified atom stereocenters. The van der Waals surface area contributed by atoms with Gasteiger partial charge in [0.05, 0.1) is 7.11 Å². The molecule has 5 nitrogen and oxygen atoms in total. The van der Waals surface area contributed by atoms with Crippen LogP contribution < -0.4 is 9.47 Å². The Morgan fingerprint density at radius 2 is 1.58 bits per heavy atom. The minimum absolute atomic E-state index is 0.0558. The lowest BCUT2D eigenvalue weighted by molar-refractivity contribution is -0.140. The largest absolute Gasteiger partial charge is 0.480 e. The number of methoxy groups -OCH3 is 1. The van der Waals surface area contributed by atoms with Crippen molar-refractivity contribution in [1.29, 1.82) is 0 Å². The second kappa shape index (κ2) is 7.38. The van der Waals surface area contributed by atoms with Gasteiger partial charge in [0.1, 0.15) is 6.61 Å². The Morgan fingerprint density at radius 3 is 2.19 bits per heavy atom. The number of halogens is 3. The van der Waals surface area contributed by atoms with Gasteiger partial charge < -0.3 is 9.47 Å². The molecule has 0 fully saturated rings. The third kappa shape index (κ3) is 3.90. The van der Waals surface area contributed by atoms with Gasteiger partial charge >= 0.3 is 6.18 Å². The minimum Gasteiger partial charge on any atom is -0.480 e. The van der Waals surface area contributed by atoms with Crippen molar-refractivity contribution in [3.63, 3.8) is 0 Å². The van der Waals surface area contributed by atoms with Crippen LogP contribution in [-0.4, -0.2) is 22.1 Å². The van der Waals surface area contributed by atoms with Crippen molar-refractivity contribution in [2.45, 2.75) is 12.8 Å². The summed E-state index contributed by atoms with van der Waals surface area (Å²) in [7, 11) is 1.12. The number of rotatable bonds is 5. The molecule has 0 atom stereocenters. The molecule has 0 N–H and O–H groups in total. The Morgan fingerprint density at radius 1 is 0.923 bits per heavy atom. The molecule has 0 aliphatic rings. The van der Waals surface area contributed by atoms with E-state index >= 15 is 0 Å². The summed E-state index contributed by atoms with van der Waals surface area (Å²) < 4.78 is 50.8. The Hall–Kier alpha value is -3.16. The molecule has 2 aromatic heterocycles. The fraction of sp³-hybridized carbons (Fsp3) is 0.167. The molecule has 2 heterocycles. The molecular weight excluding hydrogens is 347 g/mol. The quantitative estimate of drug-likeness (QED) is 0.683. The van der Waals surface area contributed by atoms with Gasteiger partial charge in [-0.25, -0.2) is 0 Å². The zero-order chi connectivity index (χ0) is 18.6. The number of aromatic nitrogens is 3. The summed E-state index contributed by atoms with van der Waals surface area (Å²) >= 11 is 0. The lowest BCUT2D eigenvalue weighted by Gasteiger charge is -2.16. The Kier molecular flexibility index (Phi) is 5.01. The molecule has 134 valence electrons. The van der Waals surface area contributed by atoms with Crippen LogP contribution in [0.4, 0.5) is 13.2 Å². The van der Waals surface area contributed by atoms with Crippen LogP contribution >= 0.6 is 0 Å². The number of nitrogens with zero attached hydrogens (tertiary/aromatic N) is 3. The van der Waals surface area contributed by atoms with Crippen LogP contribution in [0.1, 0.15) is 11.1 Å². The standard InChI is InChI=1S/C18H14F3N3O2/c1-25-16-14(18(19,20)21)17(26-11-12-5-3-2-4-6-12)24-15(23-16)13-7-9-22-10-8-13/h2-10H,11H2,1H3. The van der Waals surface area contributed by atoms with E-state index in [4.69, 9.17) is 9.47 Å². The van der Waals surface area contributed by atoms with Crippen LogP contribution in [-0.2, 0) is 12.8 Å². The maximum atomic E-state index is 13.5. The average molecular weight is 361 g/mol. The van der Waals surface area contributed by atoms with E-state index in [0.717, 1.165) is 7.11 Å². The molecule has 3 aromatic rings. The van der Waals surface area contributed by atoms with E-state index < -0.39 is 23.5 Å². The third-order valence-corrected chi connectivity index (χ3v) is 3.48. The number of hydrogen-bond acceptors (Lipinski definition) is 5. The van der Waals surface area contributed by atoms with Gasteiger partial charge in [0.15, 0.2) is 11.4 Å². The summed E-state index contributed by atoms with van der Waals surface area (Å²) in [6.07, 6.45) is -1.74. The summed E-state index contributed by atoms with van der Waals surface area (Å²) in [6, 6.07) is 12.0. The summed E-state index contributed by atoms with van der Waals surface area (Å²) in [5, 5.41) is 0. The minimum atomic E-state index is -4.73. The Bertz CT molecular complexity index is 872. The molecule has 0 aliphatic carbocycles. The molecule has 0 saturated carbocycles. The van der Waals surface area contributed by atoms with Gasteiger partial charge in [0.2, 0.25) is 11.8 Å². The number of ether oxygens (including phenoxy) is 2. The summed E-state index contributed by atoms with van der Waals surface area (Å²) in [5.74, 6) is -1.12.